The van der Waals surface area contributed by atoms with Crippen LogP contribution >= 0.6 is 23.2 Å². The Labute approximate surface area is 279 Å². The van der Waals surface area contributed by atoms with Crippen molar-refractivity contribution in [2.45, 2.75) is 44.7 Å². The van der Waals surface area contributed by atoms with Gasteiger partial charge in [-0.2, -0.15) is 0 Å². The van der Waals surface area contributed by atoms with Gasteiger partial charge in [0.2, 0.25) is 0 Å². The first kappa shape index (κ1) is 29.9. The summed E-state index contributed by atoms with van der Waals surface area (Å²) in [5.41, 5.74) is 11.3. The van der Waals surface area contributed by atoms with E-state index in [1.54, 1.807) is 6.92 Å². The van der Waals surface area contributed by atoms with Crippen molar-refractivity contribution in [3.8, 4) is 33.4 Å². The second-order valence-corrected chi connectivity index (χ2v) is 14.3. The van der Waals surface area contributed by atoms with Crippen LogP contribution in [0, 0.1) is 11.8 Å². The van der Waals surface area contributed by atoms with Crippen molar-refractivity contribution in [3.05, 3.63) is 105 Å². The fourth-order valence-corrected chi connectivity index (χ4v) is 8.83. The molecule has 2 atom stereocenters. The molecule has 8 rings (SSSR count). The highest BCUT2D eigenvalue weighted by Crippen LogP contribution is 2.46. The summed E-state index contributed by atoms with van der Waals surface area (Å²) in [6.07, 6.45) is 4.12. The summed E-state index contributed by atoms with van der Waals surface area (Å²) >= 11 is 14.4. The van der Waals surface area contributed by atoms with Crippen molar-refractivity contribution in [2.24, 2.45) is 11.8 Å². The molecule has 4 aliphatic rings. The quantitative estimate of drug-likeness (QED) is 0.217. The Morgan fingerprint density at radius 3 is 1.52 bits per heavy atom. The van der Waals surface area contributed by atoms with Gasteiger partial charge in [0.05, 0.1) is 16.0 Å². The van der Waals surface area contributed by atoms with Crippen molar-refractivity contribution < 1.29 is 14.7 Å². The number of rotatable bonds is 7. The van der Waals surface area contributed by atoms with E-state index in [0.29, 0.717) is 41.0 Å². The maximum Gasteiger partial charge on any atom is 0.309 e. The number of hydrogen-bond donors (Lipinski definition) is 1. The second kappa shape index (κ2) is 11.6. The number of carboxylic acids is 1. The van der Waals surface area contributed by atoms with Gasteiger partial charge in [0, 0.05) is 66.4 Å². The summed E-state index contributed by atoms with van der Waals surface area (Å²) in [4.78, 5) is 27.8. The van der Waals surface area contributed by atoms with Crippen LogP contribution < -0.4 is 0 Å². The Balaban J connectivity index is 1.05. The lowest BCUT2D eigenvalue weighted by Gasteiger charge is -2.42. The molecular weight excluding hydrogens is 615 g/mol. The van der Waals surface area contributed by atoms with Gasteiger partial charge in [0.1, 0.15) is 5.78 Å². The Kier molecular flexibility index (Phi) is 7.57. The molecule has 2 saturated heterocycles. The van der Waals surface area contributed by atoms with Crippen molar-refractivity contribution >= 4 is 35.0 Å². The molecule has 2 aliphatic carbocycles. The van der Waals surface area contributed by atoms with E-state index >= 15 is 0 Å². The largest absolute Gasteiger partial charge is 0.481 e. The zero-order chi connectivity index (χ0) is 31.7. The molecule has 5 nitrogen and oxygen atoms in total. The first-order valence-electron chi connectivity index (χ1n) is 16.3. The molecule has 234 valence electrons. The van der Waals surface area contributed by atoms with E-state index in [1.807, 2.05) is 18.2 Å². The second-order valence-electron chi connectivity index (χ2n) is 13.5. The summed E-state index contributed by atoms with van der Waals surface area (Å²) in [7, 11) is 0. The number of likely N-dealkylation sites (tertiary alicyclic amines) is 2. The van der Waals surface area contributed by atoms with Crippen LogP contribution in [0.5, 0.6) is 0 Å². The Bertz CT molecular complexity index is 1760. The smallest absolute Gasteiger partial charge is 0.309 e. The van der Waals surface area contributed by atoms with Crippen molar-refractivity contribution in [2.75, 3.05) is 26.2 Å². The van der Waals surface area contributed by atoms with Crippen molar-refractivity contribution in [1.82, 2.24) is 9.80 Å². The highest BCUT2D eigenvalue weighted by atomic mass is 35.5. The van der Waals surface area contributed by atoms with Crippen LogP contribution in [-0.2, 0) is 22.4 Å². The van der Waals surface area contributed by atoms with Gasteiger partial charge in [0.25, 0.3) is 0 Å². The zero-order valence-corrected chi connectivity index (χ0v) is 27.3. The average molecular weight is 652 g/mol. The molecular formula is C39H36Cl2N2O3. The van der Waals surface area contributed by atoms with Gasteiger partial charge in [-0.25, -0.2) is 0 Å². The molecule has 2 aliphatic heterocycles. The number of ketones is 1. The maximum atomic E-state index is 11.8. The lowest BCUT2D eigenvalue weighted by Crippen LogP contribution is -2.51. The number of Topliss-reactive ketones (excluding diaryl/α,β-unsaturated/α-hetero) is 1. The molecule has 0 bridgehead atoms. The molecule has 0 spiro atoms. The van der Waals surface area contributed by atoms with Crippen LogP contribution in [0.15, 0.2) is 72.8 Å². The van der Waals surface area contributed by atoms with E-state index in [-0.39, 0.29) is 11.8 Å². The zero-order valence-electron chi connectivity index (χ0n) is 25.8. The first-order chi connectivity index (χ1) is 22.3. The van der Waals surface area contributed by atoms with Crippen LogP contribution in [0.25, 0.3) is 33.4 Å². The summed E-state index contributed by atoms with van der Waals surface area (Å²) in [6.45, 7) is 4.70. The third kappa shape index (κ3) is 5.00. The minimum Gasteiger partial charge on any atom is -0.481 e. The highest BCUT2D eigenvalue weighted by molar-refractivity contribution is 6.39. The molecule has 2 fully saturated rings. The molecule has 0 amide bonds. The number of carbonyl (C=O) groups excluding carboxylic acids is 1. The molecule has 0 radical (unpaired) electrons. The van der Waals surface area contributed by atoms with E-state index in [2.05, 4.69) is 64.4 Å². The molecule has 4 aromatic rings. The minimum absolute atomic E-state index is 0.190. The van der Waals surface area contributed by atoms with Gasteiger partial charge in [-0.1, -0.05) is 96.0 Å². The van der Waals surface area contributed by atoms with Crippen molar-refractivity contribution in [1.29, 1.82) is 0 Å². The number of carboxylic acid groups (broad SMARTS) is 1. The number of fused-ring (bicyclic) bond motifs is 2. The highest BCUT2D eigenvalue weighted by Gasteiger charge is 2.40. The number of carbonyl (C=O) groups is 2. The molecule has 0 aromatic heterocycles. The molecule has 2 heterocycles. The number of aryl methyl sites for hydroxylation is 2. The molecule has 46 heavy (non-hydrogen) atoms. The minimum atomic E-state index is -0.696. The van der Waals surface area contributed by atoms with E-state index in [9.17, 15) is 14.7 Å². The topological polar surface area (TPSA) is 60.9 Å². The molecule has 4 aromatic carbocycles. The van der Waals surface area contributed by atoms with E-state index in [0.717, 1.165) is 72.2 Å². The monoisotopic (exact) mass is 650 g/mol. The predicted octanol–water partition coefficient (Wildman–Crippen LogP) is 8.51. The van der Waals surface area contributed by atoms with Crippen LogP contribution in [-0.4, -0.2) is 52.8 Å². The fraction of sp³-hybridized carbons (Fsp3) is 0.333. The Hall–Kier alpha value is -3.48. The third-order valence-corrected chi connectivity index (χ3v) is 11.7. The summed E-state index contributed by atoms with van der Waals surface area (Å²) in [5, 5.41) is 10.7. The number of benzene rings is 4. The van der Waals surface area contributed by atoms with Gasteiger partial charge >= 0.3 is 5.97 Å². The van der Waals surface area contributed by atoms with E-state index in [1.165, 1.54) is 22.3 Å². The summed E-state index contributed by atoms with van der Waals surface area (Å²) in [6, 6.07) is 26.4. The number of aliphatic carboxylic acids is 1. The summed E-state index contributed by atoms with van der Waals surface area (Å²) in [5.74, 6) is -0.455. The number of halogens is 2. The van der Waals surface area contributed by atoms with Gasteiger partial charge in [-0.05, 0) is 66.0 Å². The third-order valence-electron chi connectivity index (χ3n) is 10.9. The van der Waals surface area contributed by atoms with Crippen molar-refractivity contribution in [3.63, 3.8) is 0 Å². The normalized spacial score (nSPS) is 21.5. The molecule has 7 heteroatoms. The van der Waals surface area contributed by atoms with Crippen LogP contribution in [0.1, 0.15) is 54.1 Å². The molecule has 0 unspecified atom stereocenters. The number of nitrogens with zero attached hydrogens (tertiary/aromatic N) is 2. The first-order valence-corrected chi connectivity index (χ1v) is 17.1. The number of hydrogen-bond acceptors (Lipinski definition) is 4. The van der Waals surface area contributed by atoms with Crippen LogP contribution in [0.2, 0.25) is 10.0 Å². The van der Waals surface area contributed by atoms with Gasteiger partial charge in [-0.3, -0.25) is 19.4 Å². The van der Waals surface area contributed by atoms with Gasteiger partial charge in [-0.15, -0.1) is 0 Å². The predicted molar refractivity (Wildman–Crippen MR) is 183 cm³/mol. The maximum absolute atomic E-state index is 11.8. The lowest BCUT2D eigenvalue weighted by atomic mass is 9.91. The van der Waals surface area contributed by atoms with Gasteiger partial charge in [0.15, 0.2) is 0 Å². The Morgan fingerprint density at radius 1 is 0.652 bits per heavy atom. The average Bonchev–Trinajstić information content (AvgIpc) is 3.60. The van der Waals surface area contributed by atoms with Crippen LogP contribution in [0.4, 0.5) is 0 Å². The standard InChI is InChI=1S/C39H36Cl2N2O3/c1-22(44)27-18-42(19-27)35-14-10-23-16-25(8-12-29(23)35)31-4-2-6-33(37(31)40)34-7-3-5-32(38(34)41)26-9-13-30-24(17-26)11-15-36(30)43-20-28(21-43)39(45)46/h2-9,12-13,16-17,27-28,35-36H,10-11,14-15,18-21H2,1H3,(H,45,46)/t35-,36+/m0/s1. The molecule has 1 N–H and O–H groups in total. The SMILES string of the molecule is CC(=O)C1CN([C@H]2CCc3cc(-c4cccc(-c5cccc(-c6ccc7c(c6)CC[C@H]7N6CC(C(=O)O)C6)c5Cl)c4Cl)ccc32)C1. The van der Waals surface area contributed by atoms with Gasteiger partial charge < -0.3 is 5.11 Å². The van der Waals surface area contributed by atoms with Crippen LogP contribution in [0.3, 0.4) is 0 Å². The van der Waals surface area contributed by atoms with E-state index in [4.69, 9.17) is 23.2 Å². The van der Waals surface area contributed by atoms with E-state index < -0.39 is 5.97 Å². The summed E-state index contributed by atoms with van der Waals surface area (Å²) < 4.78 is 0. The Morgan fingerprint density at radius 2 is 1.09 bits per heavy atom. The molecule has 0 saturated carbocycles. The lowest BCUT2D eigenvalue weighted by molar-refractivity contribution is -0.148. The fourth-order valence-electron chi connectivity index (χ4n) is 8.16.